The van der Waals surface area contributed by atoms with Crippen LogP contribution in [0, 0.1) is 32.1 Å². The van der Waals surface area contributed by atoms with Crippen molar-refractivity contribution in [3.63, 3.8) is 0 Å². The Balaban J connectivity index is 1.98. The van der Waals surface area contributed by atoms with Crippen molar-refractivity contribution in [3.8, 4) is 0 Å². The molecule has 0 saturated carbocycles. The Kier molecular flexibility index (Phi) is 22.7. The van der Waals surface area contributed by atoms with E-state index in [-0.39, 0.29) is 32.1 Å². The van der Waals surface area contributed by atoms with Crippen LogP contribution in [0.4, 0.5) is 0 Å². The number of nitro groups is 2. The molecule has 0 amide bonds. The Morgan fingerprint density at radius 1 is 0.839 bits per heavy atom. The molecule has 3 aliphatic carbocycles. The largest absolute Gasteiger partial charge is 0.495 e. The molecule has 62 heavy (non-hydrogen) atoms. The predicted molar refractivity (Wildman–Crippen MR) is 235 cm³/mol. The van der Waals surface area contributed by atoms with Gasteiger partial charge in [0.2, 0.25) is 12.1 Å². The summed E-state index contributed by atoms with van der Waals surface area (Å²) in [6.07, 6.45) is 19.2. The van der Waals surface area contributed by atoms with Crippen molar-refractivity contribution in [3.05, 3.63) is 104 Å². The lowest BCUT2D eigenvalue weighted by atomic mass is 9.94. The molecule has 7 unspecified atom stereocenters. The molecule has 0 bridgehead atoms. The van der Waals surface area contributed by atoms with Gasteiger partial charge in [-0.15, -0.1) is 0 Å². The molecule has 0 aliphatic heterocycles. The Bertz CT molecular complexity index is 1730. The molecule has 0 aromatic carbocycles. The van der Waals surface area contributed by atoms with Crippen LogP contribution < -0.4 is 0 Å². The van der Waals surface area contributed by atoms with E-state index in [4.69, 9.17) is 29.2 Å². The first-order valence-electron chi connectivity index (χ1n) is 22.0. The summed E-state index contributed by atoms with van der Waals surface area (Å²) in [7, 11) is 0. The Morgan fingerprint density at radius 2 is 1.44 bits per heavy atom. The molecule has 0 aromatic heterocycles. The highest BCUT2D eigenvalue weighted by atomic mass is 16.6. The lowest BCUT2D eigenvalue weighted by Crippen LogP contribution is -2.40. The summed E-state index contributed by atoms with van der Waals surface area (Å²) in [6, 6.07) is -4.17. The van der Waals surface area contributed by atoms with E-state index < -0.39 is 46.0 Å². The topological polar surface area (TPSA) is 210 Å². The summed E-state index contributed by atoms with van der Waals surface area (Å²) in [5, 5.41) is 42.0. The summed E-state index contributed by atoms with van der Waals surface area (Å²) in [4.78, 5) is 47.9. The summed E-state index contributed by atoms with van der Waals surface area (Å²) >= 11 is 0. The van der Waals surface area contributed by atoms with Crippen LogP contribution in [0.2, 0.25) is 0 Å². The quantitative estimate of drug-likeness (QED) is 0.0173. The molecular weight excluding hydrogens is 799 g/mol. The van der Waals surface area contributed by atoms with Crippen molar-refractivity contribution < 1.29 is 38.4 Å². The Hall–Kier alpha value is -5.32. The van der Waals surface area contributed by atoms with Gasteiger partial charge < -0.3 is 18.9 Å². The van der Waals surface area contributed by atoms with Crippen LogP contribution in [-0.2, 0) is 28.5 Å². The normalized spacial score (nSPS) is 22.4. The smallest absolute Gasteiger partial charge is 0.330 e. The van der Waals surface area contributed by atoms with Gasteiger partial charge in [0.1, 0.15) is 36.5 Å². The van der Waals surface area contributed by atoms with E-state index >= 15 is 0 Å². The third kappa shape index (κ3) is 16.9. The maximum absolute atomic E-state index is 12.0. The minimum Gasteiger partial charge on any atom is -0.495 e. The number of hydrogen-bond donors (Lipinski definition) is 0. The maximum Gasteiger partial charge on any atom is 0.330 e. The summed E-state index contributed by atoms with van der Waals surface area (Å²) in [5.74, 6) is 0.579. The Labute approximate surface area is 366 Å². The lowest BCUT2D eigenvalue weighted by molar-refractivity contribution is -0.556. The highest BCUT2D eigenvalue weighted by molar-refractivity contribution is 5.81. The molecule has 0 heterocycles. The van der Waals surface area contributed by atoms with Crippen LogP contribution >= 0.6 is 0 Å². The molecular formula is C45H67N7O10. The molecule has 342 valence electrons. The third-order valence-corrected chi connectivity index (χ3v) is 11.4. The highest BCUT2D eigenvalue weighted by Crippen LogP contribution is 2.33. The molecule has 17 nitrogen and oxygen atoms in total. The van der Waals surface area contributed by atoms with E-state index in [2.05, 4.69) is 56.0 Å². The van der Waals surface area contributed by atoms with Crippen LogP contribution in [0.25, 0.3) is 0 Å². The van der Waals surface area contributed by atoms with Crippen LogP contribution in [0.5, 0.6) is 0 Å². The molecule has 0 N–H and O–H groups in total. The molecule has 7 atom stereocenters. The number of ether oxygens (including phenoxy) is 4. The van der Waals surface area contributed by atoms with Gasteiger partial charge in [-0.3, -0.25) is 25.1 Å². The average Bonchev–Trinajstić information content (AvgIpc) is 3.27. The minimum absolute atomic E-state index is 0.101. The summed E-state index contributed by atoms with van der Waals surface area (Å²) < 4.78 is 23.6. The number of nitrogens with zero attached hydrogens (tertiary/aromatic N) is 7. The monoisotopic (exact) mass is 865 g/mol. The van der Waals surface area contributed by atoms with Crippen LogP contribution in [0.3, 0.4) is 0 Å². The number of hydrogen-bond acceptors (Lipinski definition) is 15. The number of esters is 2. The Morgan fingerprint density at radius 3 is 1.97 bits per heavy atom. The number of carbonyl (C=O) groups is 2. The predicted octanol–water partition coefficient (Wildman–Crippen LogP) is 9.21. The van der Waals surface area contributed by atoms with Crippen molar-refractivity contribution in [1.82, 2.24) is 4.90 Å². The van der Waals surface area contributed by atoms with Gasteiger partial charge in [-0.1, -0.05) is 85.5 Å². The van der Waals surface area contributed by atoms with Crippen molar-refractivity contribution >= 4 is 11.9 Å². The van der Waals surface area contributed by atoms with Crippen molar-refractivity contribution in [1.29, 1.82) is 0 Å². The number of allylic oxidation sites excluding steroid dienone is 2. The van der Waals surface area contributed by atoms with Crippen molar-refractivity contribution in [2.75, 3.05) is 39.5 Å². The fourth-order valence-corrected chi connectivity index (χ4v) is 7.24. The molecule has 0 saturated heterocycles. The van der Waals surface area contributed by atoms with Crippen LogP contribution in [-0.4, -0.2) is 96.4 Å². The van der Waals surface area contributed by atoms with E-state index in [1.807, 2.05) is 19.1 Å². The lowest BCUT2D eigenvalue weighted by Gasteiger charge is -2.31. The van der Waals surface area contributed by atoms with Gasteiger partial charge in [-0.05, 0) is 61.8 Å². The first-order chi connectivity index (χ1) is 29.9. The molecule has 0 spiro atoms. The zero-order valence-corrected chi connectivity index (χ0v) is 37.2. The van der Waals surface area contributed by atoms with Gasteiger partial charge in [0, 0.05) is 53.6 Å². The number of unbranched alkanes of at least 4 members (excludes halogenated alkanes) is 2. The van der Waals surface area contributed by atoms with Crippen molar-refractivity contribution in [2.45, 2.75) is 135 Å². The van der Waals surface area contributed by atoms with Crippen LogP contribution in [0.15, 0.2) is 105 Å². The van der Waals surface area contributed by atoms with E-state index in [1.165, 1.54) is 12.2 Å². The maximum atomic E-state index is 12.0. The van der Waals surface area contributed by atoms with Crippen LogP contribution in [0.1, 0.15) is 105 Å². The first-order valence-corrected chi connectivity index (χ1v) is 22.0. The third-order valence-electron chi connectivity index (χ3n) is 11.4. The summed E-state index contributed by atoms with van der Waals surface area (Å²) in [6.45, 7) is 19.4. The number of carbonyl (C=O) groups excluding carboxylic acids is 2. The minimum atomic E-state index is -1.31. The SMILES string of the molecule is C=CC(=O)OCCN(CCOC(=O)C=C)C1C=CC(N=NC2CC(OCC(CC)CCCC)=C(N=NC3C=CC([N+](=O)[O-])CC3[N+](=O)[O-])C=C2OCC(CC)CCCC)=C(C)C1. The van der Waals surface area contributed by atoms with Gasteiger partial charge in [-0.2, -0.15) is 20.5 Å². The van der Waals surface area contributed by atoms with Gasteiger partial charge >= 0.3 is 11.9 Å². The van der Waals surface area contributed by atoms with E-state index in [1.54, 1.807) is 6.08 Å². The zero-order valence-electron chi connectivity index (χ0n) is 37.2. The van der Waals surface area contributed by atoms with Gasteiger partial charge in [0.05, 0.1) is 25.3 Å². The number of azo groups is 2. The second kappa shape index (κ2) is 27.6. The molecule has 0 aromatic rings. The fourth-order valence-electron chi connectivity index (χ4n) is 7.24. The average molecular weight is 866 g/mol. The zero-order chi connectivity index (χ0) is 45.4. The van der Waals surface area contributed by atoms with Crippen molar-refractivity contribution in [2.24, 2.45) is 32.3 Å². The molecule has 17 heteroatoms. The molecule has 0 fully saturated rings. The fraction of sp³-hybridized carbons (Fsp3) is 0.644. The standard InChI is InChI=1S/C45H67N7O10/c1-8-14-16-33(10-3)30-61-42-29-40(49-47-38-21-19-36(51(55)56)27-41(38)52(57)58)43(62-31-34(11-4)17-15-9-2)28-39(42)48-46-37-20-18-35(26-32(37)7)50(22-24-59-44(53)12-5)23-25-60-45(54)13-6/h12-13,18-21,29,33-36,38-39,41H,5-6,8-11,14-17,22-28,30-31H2,1-4,7H3. The van der Waals surface area contributed by atoms with E-state index in [0.717, 1.165) is 69.1 Å². The molecule has 3 aliphatic rings. The molecule has 0 radical (unpaired) electrons. The van der Waals surface area contributed by atoms with Gasteiger partial charge in [-0.25, -0.2) is 9.59 Å². The highest BCUT2D eigenvalue weighted by Gasteiger charge is 2.40. The molecule has 3 rings (SSSR count). The second-order valence-corrected chi connectivity index (χ2v) is 15.9. The van der Waals surface area contributed by atoms with E-state index in [9.17, 15) is 29.8 Å². The summed E-state index contributed by atoms with van der Waals surface area (Å²) in [5.41, 5.74) is 2.00. The number of rotatable bonds is 29. The van der Waals surface area contributed by atoms with Gasteiger partial charge in [0.15, 0.2) is 6.04 Å². The van der Waals surface area contributed by atoms with E-state index in [0.29, 0.717) is 67.5 Å². The van der Waals surface area contributed by atoms with Gasteiger partial charge in [0.25, 0.3) is 0 Å². The second-order valence-electron chi connectivity index (χ2n) is 15.9. The first kappa shape index (κ1) is 51.0.